The van der Waals surface area contributed by atoms with Crippen molar-refractivity contribution in [2.24, 2.45) is 0 Å². The van der Waals surface area contributed by atoms with E-state index in [1.54, 1.807) is 13.8 Å². The first-order valence-corrected chi connectivity index (χ1v) is 7.70. The molecular formula is C12H18N2O5S. The molecule has 0 spiro atoms. The van der Waals surface area contributed by atoms with E-state index in [0.717, 1.165) is 16.6 Å². The van der Waals surface area contributed by atoms with E-state index in [9.17, 15) is 18.0 Å². The van der Waals surface area contributed by atoms with Gasteiger partial charge in [0.2, 0.25) is 15.6 Å². The van der Waals surface area contributed by atoms with Gasteiger partial charge in [-0.05, 0) is 19.4 Å². The SMILES string of the molecule is CCCN(CC(=O)OCC)S(=O)(=O)c1ccc(=O)[nH]c1. The van der Waals surface area contributed by atoms with E-state index in [4.69, 9.17) is 4.74 Å². The second-order valence-electron chi connectivity index (χ2n) is 4.03. The smallest absolute Gasteiger partial charge is 0.321 e. The largest absolute Gasteiger partial charge is 0.465 e. The lowest BCUT2D eigenvalue weighted by Crippen LogP contribution is -2.37. The van der Waals surface area contributed by atoms with Crippen molar-refractivity contribution < 1.29 is 17.9 Å². The predicted molar refractivity (Wildman–Crippen MR) is 72.7 cm³/mol. The molecular weight excluding hydrogens is 284 g/mol. The summed E-state index contributed by atoms with van der Waals surface area (Å²) >= 11 is 0. The zero-order valence-corrected chi connectivity index (χ0v) is 12.3. The molecule has 0 amide bonds. The maximum absolute atomic E-state index is 12.4. The molecule has 1 aromatic heterocycles. The van der Waals surface area contributed by atoms with Gasteiger partial charge >= 0.3 is 5.97 Å². The first-order valence-electron chi connectivity index (χ1n) is 6.26. The quantitative estimate of drug-likeness (QED) is 0.733. The molecule has 7 nitrogen and oxygen atoms in total. The Morgan fingerprint density at radius 2 is 2.05 bits per heavy atom. The summed E-state index contributed by atoms with van der Waals surface area (Å²) in [4.78, 5) is 24.7. The van der Waals surface area contributed by atoms with Crippen molar-refractivity contribution in [2.75, 3.05) is 19.7 Å². The van der Waals surface area contributed by atoms with Crippen LogP contribution in [0.3, 0.4) is 0 Å². The number of nitrogens with zero attached hydrogens (tertiary/aromatic N) is 1. The lowest BCUT2D eigenvalue weighted by molar-refractivity contribution is -0.143. The summed E-state index contributed by atoms with van der Waals surface area (Å²) < 4.78 is 30.5. The molecule has 0 aliphatic carbocycles. The number of hydrogen-bond donors (Lipinski definition) is 1. The Kier molecular flexibility index (Phi) is 5.90. The molecule has 112 valence electrons. The molecule has 0 saturated heterocycles. The number of ether oxygens (including phenoxy) is 1. The third-order valence-electron chi connectivity index (χ3n) is 2.48. The van der Waals surface area contributed by atoms with Crippen LogP contribution in [-0.4, -0.2) is 43.4 Å². The minimum atomic E-state index is -3.83. The highest BCUT2D eigenvalue weighted by molar-refractivity contribution is 7.89. The van der Waals surface area contributed by atoms with Crippen LogP contribution in [0.5, 0.6) is 0 Å². The van der Waals surface area contributed by atoms with Crippen molar-refractivity contribution in [3.05, 3.63) is 28.7 Å². The number of hydrogen-bond acceptors (Lipinski definition) is 5. The van der Waals surface area contributed by atoms with E-state index in [2.05, 4.69) is 4.98 Å². The fourth-order valence-corrected chi connectivity index (χ4v) is 3.03. The lowest BCUT2D eigenvalue weighted by atomic mass is 10.5. The summed E-state index contributed by atoms with van der Waals surface area (Å²) in [5, 5.41) is 0. The molecule has 0 saturated carbocycles. The molecule has 1 N–H and O–H groups in total. The number of aromatic nitrogens is 1. The Hall–Kier alpha value is -1.67. The summed E-state index contributed by atoms with van der Waals surface area (Å²) in [7, 11) is -3.83. The molecule has 0 fully saturated rings. The monoisotopic (exact) mass is 302 g/mol. The van der Waals surface area contributed by atoms with Crippen molar-refractivity contribution in [2.45, 2.75) is 25.2 Å². The Balaban J connectivity index is 3.02. The first kappa shape index (κ1) is 16.4. The van der Waals surface area contributed by atoms with Crippen LogP contribution in [0, 0.1) is 0 Å². The van der Waals surface area contributed by atoms with Crippen LogP contribution in [0.1, 0.15) is 20.3 Å². The fourth-order valence-electron chi connectivity index (χ4n) is 1.59. The molecule has 1 aromatic rings. The number of H-pyrrole nitrogens is 1. The van der Waals surface area contributed by atoms with E-state index in [1.807, 2.05) is 0 Å². The molecule has 0 radical (unpaired) electrons. The van der Waals surface area contributed by atoms with Crippen molar-refractivity contribution in [1.82, 2.24) is 9.29 Å². The second kappa shape index (κ2) is 7.20. The van der Waals surface area contributed by atoms with E-state index in [0.29, 0.717) is 6.42 Å². The van der Waals surface area contributed by atoms with E-state index >= 15 is 0 Å². The average Bonchev–Trinajstić information content (AvgIpc) is 2.39. The zero-order valence-electron chi connectivity index (χ0n) is 11.5. The number of sulfonamides is 1. The van der Waals surface area contributed by atoms with Gasteiger partial charge in [0.25, 0.3) is 0 Å². The van der Waals surface area contributed by atoms with Crippen LogP contribution in [0.4, 0.5) is 0 Å². The van der Waals surface area contributed by atoms with Crippen molar-refractivity contribution in [3.8, 4) is 0 Å². The first-order chi connectivity index (χ1) is 9.41. The van der Waals surface area contributed by atoms with Gasteiger partial charge in [-0.15, -0.1) is 0 Å². The van der Waals surface area contributed by atoms with Crippen LogP contribution >= 0.6 is 0 Å². The summed E-state index contributed by atoms with van der Waals surface area (Å²) in [6, 6.07) is 2.34. The minimum Gasteiger partial charge on any atom is -0.465 e. The van der Waals surface area contributed by atoms with Crippen molar-refractivity contribution >= 4 is 16.0 Å². The Labute approximate surface area is 117 Å². The van der Waals surface area contributed by atoms with Crippen LogP contribution < -0.4 is 5.56 Å². The van der Waals surface area contributed by atoms with Gasteiger partial charge in [0.05, 0.1) is 11.5 Å². The van der Waals surface area contributed by atoms with Crippen LogP contribution in [0.25, 0.3) is 0 Å². The summed E-state index contributed by atoms with van der Waals surface area (Å²) in [5.74, 6) is -0.603. The standard InChI is InChI=1S/C12H18N2O5S/c1-3-7-14(9-12(16)19-4-2)20(17,18)10-5-6-11(15)13-8-10/h5-6,8H,3-4,7,9H2,1-2H3,(H,13,15). The molecule has 0 aromatic carbocycles. The highest BCUT2D eigenvalue weighted by Gasteiger charge is 2.26. The number of nitrogens with one attached hydrogen (secondary N) is 1. The van der Waals surface area contributed by atoms with E-state index in [1.165, 1.54) is 6.07 Å². The molecule has 20 heavy (non-hydrogen) atoms. The Morgan fingerprint density at radius 3 is 2.55 bits per heavy atom. The lowest BCUT2D eigenvalue weighted by Gasteiger charge is -2.20. The molecule has 1 rings (SSSR count). The number of esters is 1. The molecule has 0 atom stereocenters. The minimum absolute atomic E-state index is 0.0603. The van der Waals surface area contributed by atoms with Gasteiger partial charge in [0, 0.05) is 18.8 Å². The Bertz CT molecular complexity index is 588. The number of carbonyl (C=O) groups excluding carboxylic acids is 1. The maximum atomic E-state index is 12.4. The zero-order chi connectivity index (χ0) is 15.2. The molecule has 0 aliphatic rings. The fraction of sp³-hybridized carbons (Fsp3) is 0.500. The van der Waals surface area contributed by atoms with Gasteiger partial charge in [-0.1, -0.05) is 6.92 Å². The van der Waals surface area contributed by atoms with Crippen LogP contribution in [-0.2, 0) is 19.6 Å². The third kappa shape index (κ3) is 4.17. The number of aromatic amines is 1. The topological polar surface area (TPSA) is 96.5 Å². The summed E-state index contributed by atoms with van der Waals surface area (Å²) in [6.07, 6.45) is 1.67. The number of rotatable bonds is 7. The maximum Gasteiger partial charge on any atom is 0.321 e. The Morgan fingerprint density at radius 1 is 1.35 bits per heavy atom. The van der Waals surface area contributed by atoms with Gasteiger partial charge in [-0.2, -0.15) is 4.31 Å². The van der Waals surface area contributed by atoms with Crippen molar-refractivity contribution in [3.63, 3.8) is 0 Å². The molecule has 1 heterocycles. The average molecular weight is 302 g/mol. The van der Waals surface area contributed by atoms with Crippen LogP contribution in [0.2, 0.25) is 0 Å². The molecule has 0 unspecified atom stereocenters. The van der Waals surface area contributed by atoms with Gasteiger partial charge < -0.3 is 9.72 Å². The van der Waals surface area contributed by atoms with E-state index < -0.39 is 21.6 Å². The van der Waals surface area contributed by atoms with Gasteiger partial charge in [-0.25, -0.2) is 8.42 Å². The van der Waals surface area contributed by atoms with Gasteiger partial charge in [-0.3, -0.25) is 9.59 Å². The van der Waals surface area contributed by atoms with Crippen LogP contribution in [0.15, 0.2) is 28.0 Å². The summed E-state index contributed by atoms with van der Waals surface area (Å²) in [6.45, 7) is 3.50. The predicted octanol–water partition coefficient (Wildman–Crippen LogP) is 0.339. The highest BCUT2D eigenvalue weighted by atomic mass is 32.2. The van der Waals surface area contributed by atoms with Gasteiger partial charge in [0.1, 0.15) is 6.54 Å². The number of pyridine rings is 1. The van der Waals surface area contributed by atoms with Crippen molar-refractivity contribution in [1.29, 1.82) is 0 Å². The molecule has 8 heteroatoms. The normalized spacial score (nSPS) is 11.6. The van der Waals surface area contributed by atoms with Gasteiger partial charge in [0.15, 0.2) is 0 Å². The number of carbonyl (C=O) groups is 1. The second-order valence-corrected chi connectivity index (χ2v) is 5.97. The molecule has 0 bridgehead atoms. The molecule has 0 aliphatic heterocycles. The summed E-state index contributed by atoms with van der Waals surface area (Å²) in [5.41, 5.74) is -0.392. The van der Waals surface area contributed by atoms with E-state index in [-0.39, 0.29) is 24.6 Å². The third-order valence-corrected chi connectivity index (χ3v) is 4.32. The highest BCUT2D eigenvalue weighted by Crippen LogP contribution is 2.13.